The molecule has 0 aliphatic rings. The Morgan fingerprint density at radius 2 is 1.78 bits per heavy atom. The van der Waals surface area contributed by atoms with Gasteiger partial charge in [-0.15, -0.1) is 0 Å². The lowest BCUT2D eigenvalue weighted by Crippen LogP contribution is -2.47. The first kappa shape index (κ1) is 16.4. The zero-order valence-electron chi connectivity index (χ0n) is 12.1. The van der Waals surface area contributed by atoms with E-state index in [1.165, 1.54) is 0 Å². The third kappa shape index (κ3) is 4.77. The van der Waals surface area contributed by atoms with Crippen LogP contribution in [-0.4, -0.2) is 18.0 Å². The standard InChI is InChI=1S/C16H15F2N3O2/c17-11-6-7-13(12(18)9-11)20-16(23)21-14(15(19)22)8-10-4-2-1-3-5-10/h1-7,9,14H,8H2,(H2,19,22)(H2,20,21,23)/t14-/m1/s1. The SMILES string of the molecule is NC(=O)[C@@H](Cc1ccccc1)NC(=O)Nc1ccc(F)cc1F. The average Bonchev–Trinajstić information content (AvgIpc) is 2.50. The molecule has 1 atom stereocenters. The summed E-state index contributed by atoms with van der Waals surface area (Å²) in [5.41, 5.74) is 5.88. The topological polar surface area (TPSA) is 84.2 Å². The molecule has 0 radical (unpaired) electrons. The molecule has 0 heterocycles. The van der Waals surface area contributed by atoms with E-state index in [2.05, 4.69) is 10.6 Å². The molecule has 0 aliphatic carbocycles. The van der Waals surface area contributed by atoms with E-state index < -0.39 is 29.6 Å². The number of halogens is 2. The van der Waals surface area contributed by atoms with Gasteiger partial charge in [0, 0.05) is 12.5 Å². The number of carbonyl (C=O) groups is 2. The Bertz CT molecular complexity index is 708. The van der Waals surface area contributed by atoms with Gasteiger partial charge >= 0.3 is 6.03 Å². The van der Waals surface area contributed by atoms with Crippen molar-refractivity contribution in [2.24, 2.45) is 5.73 Å². The molecule has 2 aromatic rings. The number of primary amides is 1. The van der Waals surface area contributed by atoms with Gasteiger partial charge in [0.05, 0.1) is 5.69 Å². The van der Waals surface area contributed by atoms with Gasteiger partial charge in [-0.05, 0) is 17.7 Å². The van der Waals surface area contributed by atoms with Crippen LogP contribution in [-0.2, 0) is 11.2 Å². The van der Waals surface area contributed by atoms with Gasteiger partial charge in [-0.25, -0.2) is 13.6 Å². The maximum absolute atomic E-state index is 13.5. The first-order valence-electron chi connectivity index (χ1n) is 6.81. The summed E-state index contributed by atoms with van der Waals surface area (Å²) in [6.45, 7) is 0. The first-order valence-corrected chi connectivity index (χ1v) is 6.81. The predicted molar refractivity (Wildman–Crippen MR) is 81.6 cm³/mol. The highest BCUT2D eigenvalue weighted by molar-refractivity contribution is 5.93. The molecule has 0 fully saturated rings. The van der Waals surface area contributed by atoms with E-state index in [0.717, 1.165) is 17.7 Å². The van der Waals surface area contributed by atoms with Crippen molar-refractivity contribution >= 4 is 17.6 Å². The number of nitrogens with one attached hydrogen (secondary N) is 2. The van der Waals surface area contributed by atoms with E-state index in [9.17, 15) is 18.4 Å². The highest BCUT2D eigenvalue weighted by Gasteiger charge is 2.19. The number of hydrogen-bond donors (Lipinski definition) is 3. The van der Waals surface area contributed by atoms with Crippen molar-refractivity contribution in [2.75, 3.05) is 5.32 Å². The summed E-state index contributed by atoms with van der Waals surface area (Å²) in [4.78, 5) is 23.3. The normalized spacial score (nSPS) is 11.6. The molecule has 7 heteroatoms. The fourth-order valence-corrected chi connectivity index (χ4v) is 1.98. The van der Waals surface area contributed by atoms with Gasteiger partial charge in [-0.1, -0.05) is 30.3 Å². The van der Waals surface area contributed by atoms with Crippen molar-refractivity contribution in [3.05, 3.63) is 65.7 Å². The lowest BCUT2D eigenvalue weighted by Gasteiger charge is -2.16. The lowest BCUT2D eigenvalue weighted by molar-refractivity contribution is -0.119. The highest BCUT2D eigenvalue weighted by atomic mass is 19.1. The quantitative estimate of drug-likeness (QED) is 0.789. The fourth-order valence-electron chi connectivity index (χ4n) is 1.98. The third-order valence-corrected chi connectivity index (χ3v) is 3.11. The molecule has 0 aliphatic heterocycles. The number of hydrogen-bond acceptors (Lipinski definition) is 2. The fraction of sp³-hybridized carbons (Fsp3) is 0.125. The average molecular weight is 319 g/mol. The van der Waals surface area contributed by atoms with Crippen LogP contribution < -0.4 is 16.4 Å². The van der Waals surface area contributed by atoms with Crippen molar-refractivity contribution in [3.63, 3.8) is 0 Å². The molecule has 2 rings (SSSR count). The van der Waals surface area contributed by atoms with E-state index in [1.54, 1.807) is 24.3 Å². The van der Waals surface area contributed by atoms with E-state index >= 15 is 0 Å². The smallest absolute Gasteiger partial charge is 0.319 e. The van der Waals surface area contributed by atoms with Crippen LogP contribution in [0.4, 0.5) is 19.3 Å². The number of rotatable bonds is 5. The molecule has 3 amide bonds. The number of nitrogens with two attached hydrogens (primary N) is 1. The number of amides is 3. The second kappa shape index (κ2) is 7.35. The van der Waals surface area contributed by atoms with E-state index in [4.69, 9.17) is 5.73 Å². The van der Waals surface area contributed by atoms with Gasteiger partial charge < -0.3 is 16.4 Å². The number of anilines is 1. The minimum absolute atomic E-state index is 0.202. The maximum atomic E-state index is 13.5. The summed E-state index contributed by atoms with van der Waals surface area (Å²) in [6, 6.07) is 9.95. The van der Waals surface area contributed by atoms with Gasteiger partial charge in [0.2, 0.25) is 5.91 Å². The van der Waals surface area contributed by atoms with Crippen LogP contribution in [0.5, 0.6) is 0 Å². The van der Waals surface area contributed by atoms with Gasteiger partial charge in [-0.2, -0.15) is 0 Å². The van der Waals surface area contributed by atoms with Crippen molar-refractivity contribution in [2.45, 2.75) is 12.5 Å². The first-order chi connectivity index (χ1) is 11.0. The van der Waals surface area contributed by atoms with Crippen LogP contribution in [0.3, 0.4) is 0 Å². The second-order valence-electron chi connectivity index (χ2n) is 4.87. The highest BCUT2D eigenvalue weighted by Crippen LogP contribution is 2.14. The largest absolute Gasteiger partial charge is 0.368 e. The van der Waals surface area contributed by atoms with Crippen LogP contribution in [0.2, 0.25) is 0 Å². The van der Waals surface area contributed by atoms with Crippen LogP contribution in [0.15, 0.2) is 48.5 Å². The Morgan fingerprint density at radius 3 is 2.39 bits per heavy atom. The minimum atomic E-state index is -0.957. The molecular formula is C16H15F2N3O2. The summed E-state index contributed by atoms with van der Waals surface area (Å²) in [6.07, 6.45) is 0.204. The summed E-state index contributed by atoms with van der Waals surface area (Å²) in [5, 5.41) is 4.58. The van der Waals surface area contributed by atoms with E-state index in [-0.39, 0.29) is 12.1 Å². The van der Waals surface area contributed by atoms with Crippen LogP contribution >= 0.6 is 0 Å². The van der Waals surface area contributed by atoms with Crippen molar-refractivity contribution in [3.8, 4) is 0 Å². The van der Waals surface area contributed by atoms with Crippen LogP contribution in [0.1, 0.15) is 5.56 Å². The van der Waals surface area contributed by atoms with Gasteiger partial charge in [0.1, 0.15) is 17.7 Å². The molecule has 4 N–H and O–H groups in total. The Balaban J connectivity index is 2.02. The molecule has 0 saturated heterocycles. The lowest BCUT2D eigenvalue weighted by atomic mass is 10.1. The van der Waals surface area contributed by atoms with Gasteiger partial charge in [0.15, 0.2) is 0 Å². The molecule has 0 aromatic heterocycles. The zero-order chi connectivity index (χ0) is 16.8. The Kier molecular flexibility index (Phi) is 5.24. The summed E-state index contributed by atoms with van der Waals surface area (Å²) in [5.74, 6) is -2.39. The minimum Gasteiger partial charge on any atom is -0.368 e. The number of benzene rings is 2. The van der Waals surface area contributed by atoms with Crippen LogP contribution in [0.25, 0.3) is 0 Å². The van der Waals surface area contributed by atoms with E-state index in [0.29, 0.717) is 6.07 Å². The Hall–Kier alpha value is -2.96. The molecule has 0 spiro atoms. The molecule has 120 valence electrons. The second-order valence-corrected chi connectivity index (χ2v) is 4.87. The molecular weight excluding hydrogens is 304 g/mol. The predicted octanol–water partition coefficient (Wildman–Crippen LogP) is 2.18. The van der Waals surface area contributed by atoms with Gasteiger partial charge in [0.25, 0.3) is 0 Å². The van der Waals surface area contributed by atoms with Crippen LogP contribution in [0, 0.1) is 11.6 Å². The summed E-state index contributed by atoms with van der Waals surface area (Å²) < 4.78 is 26.3. The maximum Gasteiger partial charge on any atom is 0.319 e. The molecule has 2 aromatic carbocycles. The Morgan fingerprint density at radius 1 is 1.09 bits per heavy atom. The van der Waals surface area contributed by atoms with Crippen molar-refractivity contribution < 1.29 is 18.4 Å². The van der Waals surface area contributed by atoms with Gasteiger partial charge in [-0.3, -0.25) is 4.79 Å². The monoisotopic (exact) mass is 319 g/mol. The van der Waals surface area contributed by atoms with Crippen molar-refractivity contribution in [1.29, 1.82) is 0 Å². The zero-order valence-corrected chi connectivity index (χ0v) is 12.1. The summed E-state index contributed by atoms with van der Waals surface area (Å²) >= 11 is 0. The number of urea groups is 1. The van der Waals surface area contributed by atoms with Crippen molar-refractivity contribution in [1.82, 2.24) is 5.32 Å². The molecule has 0 unspecified atom stereocenters. The van der Waals surface area contributed by atoms with E-state index in [1.807, 2.05) is 6.07 Å². The molecule has 0 bridgehead atoms. The Labute approximate surface area is 131 Å². The summed E-state index contributed by atoms with van der Waals surface area (Å²) in [7, 11) is 0. The molecule has 5 nitrogen and oxygen atoms in total. The molecule has 0 saturated carbocycles. The molecule has 23 heavy (non-hydrogen) atoms. The third-order valence-electron chi connectivity index (χ3n) is 3.11. The number of carbonyl (C=O) groups excluding carboxylic acids is 2.